The van der Waals surface area contributed by atoms with Gasteiger partial charge >= 0.3 is 6.01 Å². The summed E-state index contributed by atoms with van der Waals surface area (Å²) in [5.74, 6) is 0.0485. The lowest BCUT2D eigenvalue weighted by Gasteiger charge is -2.18. The molecule has 0 radical (unpaired) electrons. The van der Waals surface area contributed by atoms with Crippen LogP contribution in [0, 0.1) is 5.82 Å². The van der Waals surface area contributed by atoms with Gasteiger partial charge in [0.1, 0.15) is 11.6 Å². The third-order valence-electron chi connectivity index (χ3n) is 2.72. The monoisotopic (exact) mass is 330 g/mol. The molecule has 2 aromatic rings. The molecular formula is C13H13Cl2FN4O. The predicted octanol–water partition coefficient (Wildman–Crippen LogP) is 3.96. The molecule has 0 bridgehead atoms. The maximum absolute atomic E-state index is 13.4. The molecule has 1 aromatic heterocycles. The summed E-state index contributed by atoms with van der Waals surface area (Å²) in [4.78, 5) is 14.0. The summed E-state index contributed by atoms with van der Waals surface area (Å²) >= 11 is 11.5. The van der Waals surface area contributed by atoms with Gasteiger partial charge in [0.2, 0.25) is 11.2 Å². The van der Waals surface area contributed by atoms with Crippen molar-refractivity contribution in [1.29, 1.82) is 0 Å². The van der Waals surface area contributed by atoms with Crippen LogP contribution in [0.1, 0.15) is 13.8 Å². The molecule has 0 saturated heterocycles. The third kappa shape index (κ3) is 3.92. The first-order valence-corrected chi connectivity index (χ1v) is 7.08. The van der Waals surface area contributed by atoms with Gasteiger partial charge < -0.3 is 9.64 Å². The van der Waals surface area contributed by atoms with Crippen molar-refractivity contribution in [1.82, 2.24) is 15.0 Å². The van der Waals surface area contributed by atoms with E-state index in [1.165, 1.54) is 12.1 Å². The van der Waals surface area contributed by atoms with Gasteiger partial charge in [0.05, 0.1) is 5.02 Å². The Morgan fingerprint density at radius 1 is 1.14 bits per heavy atom. The summed E-state index contributed by atoms with van der Waals surface area (Å²) in [5.41, 5.74) is 0. The average molecular weight is 331 g/mol. The lowest BCUT2D eigenvalue weighted by molar-refractivity contribution is 0.435. The summed E-state index contributed by atoms with van der Waals surface area (Å²) in [6.07, 6.45) is 0. The van der Waals surface area contributed by atoms with E-state index < -0.39 is 5.82 Å². The summed E-state index contributed by atoms with van der Waals surface area (Å²) in [7, 11) is 0. The van der Waals surface area contributed by atoms with Crippen molar-refractivity contribution in [3.05, 3.63) is 34.3 Å². The Kier molecular flexibility index (Phi) is 5.14. The fourth-order valence-electron chi connectivity index (χ4n) is 1.66. The van der Waals surface area contributed by atoms with Crippen LogP contribution >= 0.6 is 23.2 Å². The third-order valence-corrected chi connectivity index (χ3v) is 3.20. The van der Waals surface area contributed by atoms with Crippen LogP contribution in [-0.2, 0) is 0 Å². The zero-order chi connectivity index (χ0) is 15.4. The van der Waals surface area contributed by atoms with Gasteiger partial charge in [-0.1, -0.05) is 11.6 Å². The number of anilines is 1. The van der Waals surface area contributed by atoms with E-state index in [0.717, 1.165) is 6.07 Å². The first kappa shape index (κ1) is 15.7. The van der Waals surface area contributed by atoms with Crippen LogP contribution in [0.4, 0.5) is 10.3 Å². The zero-order valence-corrected chi connectivity index (χ0v) is 13.0. The van der Waals surface area contributed by atoms with E-state index in [9.17, 15) is 4.39 Å². The van der Waals surface area contributed by atoms with Gasteiger partial charge in [0.25, 0.3) is 0 Å². The quantitative estimate of drug-likeness (QED) is 0.830. The van der Waals surface area contributed by atoms with Gasteiger partial charge in [-0.25, -0.2) is 4.39 Å². The summed E-state index contributed by atoms with van der Waals surface area (Å²) < 4.78 is 18.8. The van der Waals surface area contributed by atoms with Crippen molar-refractivity contribution < 1.29 is 9.13 Å². The molecule has 1 aromatic carbocycles. The first-order valence-electron chi connectivity index (χ1n) is 6.33. The van der Waals surface area contributed by atoms with Crippen molar-refractivity contribution in [2.45, 2.75) is 13.8 Å². The van der Waals surface area contributed by atoms with Gasteiger partial charge in [0, 0.05) is 19.2 Å². The number of aromatic nitrogens is 3. The highest BCUT2D eigenvalue weighted by molar-refractivity contribution is 6.30. The molecule has 0 aliphatic rings. The van der Waals surface area contributed by atoms with Crippen molar-refractivity contribution in [3.63, 3.8) is 0 Å². The minimum Gasteiger partial charge on any atom is -0.424 e. The molecule has 8 heteroatoms. The second kappa shape index (κ2) is 6.87. The standard InChI is InChI=1S/C13H13Cl2FN4O/c1-3-20(4-2)12-17-11(15)18-13(19-12)21-8-5-6-9(14)10(16)7-8/h5-7H,3-4H2,1-2H3. The number of rotatable bonds is 5. The molecule has 0 spiro atoms. The minimum absolute atomic E-state index is 0.00128. The molecule has 5 nitrogen and oxygen atoms in total. The number of nitrogens with zero attached hydrogens (tertiary/aromatic N) is 4. The fraction of sp³-hybridized carbons (Fsp3) is 0.308. The normalized spacial score (nSPS) is 10.5. The van der Waals surface area contributed by atoms with E-state index in [1.807, 2.05) is 18.7 Å². The lowest BCUT2D eigenvalue weighted by Crippen LogP contribution is -2.24. The number of halogens is 3. The SMILES string of the molecule is CCN(CC)c1nc(Cl)nc(Oc2ccc(Cl)c(F)c2)n1. The zero-order valence-electron chi connectivity index (χ0n) is 11.5. The molecule has 0 aliphatic carbocycles. The number of hydrogen-bond acceptors (Lipinski definition) is 5. The van der Waals surface area contributed by atoms with Gasteiger partial charge in [-0.2, -0.15) is 15.0 Å². The van der Waals surface area contributed by atoms with Crippen molar-refractivity contribution in [2.24, 2.45) is 0 Å². The number of hydrogen-bond donors (Lipinski definition) is 0. The number of ether oxygens (including phenoxy) is 1. The smallest absolute Gasteiger partial charge is 0.328 e. The van der Waals surface area contributed by atoms with Crippen LogP contribution in [0.15, 0.2) is 18.2 Å². The van der Waals surface area contributed by atoms with E-state index >= 15 is 0 Å². The van der Waals surface area contributed by atoms with E-state index in [1.54, 1.807) is 0 Å². The molecule has 0 saturated carbocycles. The lowest BCUT2D eigenvalue weighted by atomic mass is 10.3. The predicted molar refractivity (Wildman–Crippen MR) is 79.9 cm³/mol. The summed E-state index contributed by atoms with van der Waals surface area (Å²) in [6, 6.07) is 4.05. The molecule has 2 rings (SSSR count). The minimum atomic E-state index is -0.585. The highest BCUT2D eigenvalue weighted by Crippen LogP contribution is 2.25. The van der Waals surface area contributed by atoms with Crippen LogP contribution in [0.5, 0.6) is 11.8 Å². The Bertz CT molecular complexity index is 638. The van der Waals surface area contributed by atoms with Crippen LogP contribution < -0.4 is 9.64 Å². The summed E-state index contributed by atoms with van der Waals surface area (Å²) in [5, 5.41) is 0.0243. The molecule has 0 unspecified atom stereocenters. The van der Waals surface area contributed by atoms with Crippen molar-refractivity contribution in [2.75, 3.05) is 18.0 Å². The highest BCUT2D eigenvalue weighted by atomic mass is 35.5. The highest BCUT2D eigenvalue weighted by Gasteiger charge is 2.12. The Hall–Kier alpha value is -1.66. The van der Waals surface area contributed by atoms with Crippen LogP contribution in [0.25, 0.3) is 0 Å². The molecule has 21 heavy (non-hydrogen) atoms. The topological polar surface area (TPSA) is 51.1 Å². The van der Waals surface area contributed by atoms with E-state index in [-0.39, 0.29) is 22.1 Å². The molecule has 0 N–H and O–H groups in total. The molecule has 1 heterocycles. The van der Waals surface area contributed by atoms with Gasteiger partial charge in [-0.3, -0.25) is 0 Å². The second-order valence-electron chi connectivity index (χ2n) is 4.04. The van der Waals surface area contributed by atoms with E-state index in [0.29, 0.717) is 19.0 Å². The molecule has 112 valence electrons. The van der Waals surface area contributed by atoms with Gasteiger partial charge in [-0.15, -0.1) is 0 Å². The van der Waals surface area contributed by atoms with Crippen molar-refractivity contribution >= 4 is 29.2 Å². The number of benzene rings is 1. The Morgan fingerprint density at radius 2 is 1.86 bits per heavy atom. The van der Waals surface area contributed by atoms with E-state index in [2.05, 4.69) is 15.0 Å². The van der Waals surface area contributed by atoms with Crippen LogP contribution in [-0.4, -0.2) is 28.0 Å². The van der Waals surface area contributed by atoms with Crippen molar-refractivity contribution in [3.8, 4) is 11.8 Å². The Balaban J connectivity index is 2.29. The van der Waals surface area contributed by atoms with Crippen LogP contribution in [0.3, 0.4) is 0 Å². The van der Waals surface area contributed by atoms with E-state index in [4.69, 9.17) is 27.9 Å². The van der Waals surface area contributed by atoms with Gasteiger partial charge in [0.15, 0.2) is 0 Å². The molecule has 0 amide bonds. The maximum Gasteiger partial charge on any atom is 0.328 e. The summed E-state index contributed by atoms with van der Waals surface area (Å²) in [6.45, 7) is 5.37. The molecular weight excluding hydrogens is 318 g/mol. The maximum atomic E-state index is 13.4. The first-order chi connectivity index (χ1) is 10.0. The van der Waals surface area contributed by atoms with Crippen LogP contribution in [0.2, 0.25) is 10.3 Å². The fourth-order valence-corrected chi connectivity index (χ4v) is 1.93. The molecule has 0 aliphatic heterocycles. The molecule has 0 fully saturated rings. The Labute approximate surface area is 131 Å². The van der Waals surface area contributed by atoms with Gasteiger partial charge in [-0.05, 0) is 37.6 Å². The second-order valence-corrected chi connectivity index (χ2v) is 4.78. The average Bonchev–Trinajstić information content (AvgIpc) is 2.44. The Morgan fingerprint density at radius 3 is 2.48 bits per heavy atom. The molecule has 0 atom stereocenters. The largest absolute Gasteiger partial charge is 0.424 e.